The van der Waals surface area contributed by atoms with E-state index in [4.69, 9.17) is 0 Å². The molecular formula is C8H7F4N. The number of aromatic nitrogens is 1. The molecule has 0 saturated carbocycles. The standard InChI is InChI=1S/C8H7F4N/c1-2-5-3-7(8(10,11)12)13-4-6(5)9/h3-4H,2H2,1H3. The van der Waals surface area contributed by atoms with E-state index in [1.807, 2.05) is 0 Å². The van der Waals surface area contributed by atoms with Crippen LogP contribution in [0.2, 0.25) is 0 Å². The van der Waals surface area contributed by atoms with Crippen molar-refractivity contribution in [3.63, 3.8) is 0 Å². The summed E-state index contributed by atoms with van der Waals surface area (Å²) >= 11 is 0. The summed E-state index contributed by atoms with van der Waals surface area (Å²) < 4.78 is 48.9. The second-order valence-corrected chi connectivity index (χ2v) is 2.51. The minimum absolute atomic E-state index is 0.0299. The van der Waals surface area contributed by atoms with Crippen molar-refractivity contribution in [3.8, 4) is 0 Å². The maximum absolute atomic E-state index is 12.7. The van der Waals surface area contributed by atoms with Gasteiger partial charge in [0.25, 0.3) is 0 Å². The quantitative estimate of drug-likeness (QED) is 0.625. The molecule has 0 bridgehead atoms. The molecule has 0 aliphatic rings. The highest BCUT2D eigenvalue weighted by atomic mass is 19.4. The van der Waals surface area contributed by atoms with E-state index in [2.05, 4.69) is 4.98 Å². The molecule has 0 saturated heterocycles. The van der Waals surface area contributed by atoms with Crippen molar-refractivity contribution in [2.75, 3.05) is 0 Å². The second kappa shape index (κ2) is 3.32. The molecule has 1 aromatic heterocycles. The van der Waals surface area contributed by atoms with Crippen LogP contribution in [0, 0.1) is 5.82 Å². The van der Waals surface area contributed by atoms with Gasteiger partial charge in [0.05, 0.1) is 6.20 Å². The third kappa shape index (κ3) is 2.17. The molecule has 1 nitrogen and oxygen atoms in total. The summed E-state index contributed by atoms with van der Waals surface area (Å²) in [5.41, 5.74) is -1.02. The van der Waals surface area contributed by atoms with E-state index >= 15 is 0 Å². The highest BCUT2D eigenvalue weighted by Gasteiger charge is 2.32. The lowest BCUT2D eigenvalue weighted by atomic mass is 10.2. The van der Waals surface area contributed by atoms with Crippen LogP contribution in [0.15, 0.2) is 12.3 Å². The molecule has 13 heavy (non-hydrogen) atoms. The highest BCUT2D eigenvalue weighted by molar-refractivity contribution is 5.19. The van der Waals surface area contributed by atoms with E-state index in [9.17, 15) is 17.6 Å². The highest BCUT2D eigenvalue weighted by Crippen LogP contribution is 2.28. The molecule has 0 aromatic carbocycles. The number of pyridine rings is 1. The summed E-state index contributed by atoms with van der Waals surface area (Å²) in [4.78, 5) is 2.96. The minimum Gasteiger partial charge on any atom is -0.249 e. The molecule has 0 spiro atoms. The molecule has 0 radical (unpaired) electrons. The third-order valence-corrected chi connectivity index (χ3v) is 1.61. The maximum atomic E-state index is 12.7. The van der Waals surface area contributed by atoms with Gasteiger partial charge in [-0.2, -0.15) is 13.2 Å². The van der Waals surface area contributed by atoms with Crippen molar-refractivity contribution < 1.29 is 17.6 Å². The number of alkyl halides is 3. The zero-order chi connectivity index (χ0) is 10.1. The molecule has 0 unspecified atom stereocenters. The zero-order valence-electron chi connectivity index (χ0n) is 6.82. The van der Waals surface area contributed by atoms with Crippen LogP contribution >= 0.6 is 0 Å². The molecule has 0 aliphatic carbocycles. The van der Waals surface area contributed by atoms with Gasteiger partial charge in [0.2, 0.25) is 0 Å². The van der Waals surface area contributed by atoms with Crippen molar-refractivity contribution >= 4 is 0 Å². The van der Waals surface area contributed by atoms with Gasteiger partial charge in [-0.1, -0.05) is 6.92 Å². The summed E-state index contributed by atoms with van der Waals surface area (Å²) in [7, 11) is 0. The van der Waals surface area contributed by atoms with Gasteiger partial charge in [0, 0.05) is 0 Å². The normalized spacial score (nSPS) is 11.8. The van der Waals surface area contributed by atoms with Gasteiger partial charge in [-0.15, -0.1) is 0 Å². The van der Waals surface area contributed by atoms with Gasteiger partial charge in [-0.3, -0.25) is 0 Å². The Balaban J connectivity index is 3.14. The average molecular weight is 193 g/mol. The Bertz CT molecular complexity index is 306. The van der Waals surface area contributed by atoms with Crippen LogP contribution in [-0.4, -0.2) is 4.98 Å². The topological polar surface area (TPSA) is 12.9 Å². The monoisotopic (exact) mass is 193 g/mol. The Kier molecular flexibility index (Phi) is 2.54. The summed E-state index contributed by atoms with van der Waals surface area (Å²) in [6.07, 6.45) is -3.68. The molecule has 5 heteroatoms. The van der Waals surface area contributed by atoms with E-state index in [1.165, 1.54) is 0 Å². The molecule has 0 N–H and O–H groups in total. The van der Waals surface area contributed by atoms with Crippen molar-refractivity contribution in [2.24, 2.45) is 0 Å². The van der Waals surface area contributed by atoms with Crippen LogP contribution in [0.1, 0.15) is 18.2 Å². The Morgan fingerprint density at radius 2 is 2.00 bits per heavy atom. The lowest BCUT2D eigenvalue weighted by Gasteiger charge is -2.06. The van der Waals surface area contributed by atoms with Crippen LogP contribution < -0.4 is 0 Å². The first-order valence-electron chi connectivity index (χ1n) is 3.66. The Morgan fingerprint density at radius 3 is 2.46 bits per heavy atom. The molecule has 0 aliphatic heterocycles. The SMILES string of the molecule is CCc1cc(C(F)(F)F)ncc1F. The average Bonchev–Trinajstić information content (AvgIpc) is 2.03. The molecule has 1 rings (SSSR count). The molecule has 0 amide bonds. The van der Waals surface area contributed by atoms with Gasteiger partial charge in [0.1, 0.15) is 11.5 Å². The van der Waals surface area contributed by atoms with Crippen LogP contribution in [0.25, 0.3) is 0 Å². The lowest BCUT2D eigenvalue weighted by molar-refractivity contribution is -0.141. The fraction of sp³-hybridized carbons (Fsp3) is 0.375. The van der Waals surface area contributed by atoms with Gasteiger partial charge < -0.3 is 0 Å². The van der Waals surface area contributed by atoms with Crippen LogP contribution in [0.4, 0.5) is 17.6 Å². The predicted octanol–water partition coefficient (Wildman–Crippen LogP) is 2.80. The van der Waals surface area contributed by atoms with Crippen LogP contribution in [-0.2, 0) is 12.6 Å². The lowest BCUT2D eigenvalue weighted by Crippen LogP contribution is -2.09. The summed E-state index contributed by atoms with van der Waals surface area (Å²) in [6, 6.07) is 0.731. The molecule has 72 valence electrons. The van der Waals surface area contributed by atoms with E-state index in [0.717, 1.165) is 6.07 Å². The number of hydrogen-bond donors (Lipinski definition) is 0. The van der Waals surface area contributed by atoms with Gasteiger partial charge in [-0.25, -0.2) is 9.37 Å². The number of nitrogens with zero attached hydrogens (tertiary/aromatic N) is 1. The number of aryl methyl sites for hydroxylation is 1. The summed E-state index contributed by atoms with van der Waals surface area (Å²) in [5, 5.41) is 0. The first-order valence-corrected chi connectivity index (χ1v) is 3.66. The van der Waals surface area contributed by atoms with E-state index in [-0.39, 0.29) is 12.0 Å². The van der Waals surface area contributed by atoms with E-state index in [1.54, 1.807) is 6.92 Å². The summed E-state index contributed by atoms with van der Waals surface area (Å²) in [5.74, 6) is -0.699. The smallest absolute Gasteiger partial charge is 0.249 e. The fourth-order valence-corrected chi connectivity index (χ4v) is 0.906. The van der Waals surface area contributed by atoms with E-state index < -0.39 is 17.7 Å². The molecular weight excluding hydrogens is 186 g/mol. The minimum atomic E-state index is -4.50. The second-order valence-electron chi connectivity index (χ2n) is 2.51. The van der Waals surface area contributed by atoms with Crippen molar-refractivity contribution in [3.05, 3.63) is 29.3 Å². The third-order valence-electron chi connectivity index (χ3n) is 1.61. The molecule has 0 fully saturated rings. The molecule has 0 atom stereocenters. The molecule has 1 aromatic rings. The van der Waals surface area contributed by atoms with Gasteiger partial charge in [0.15, 0.2) is 0 Å². The number of halogens is 4. The number of rotatable bonds is 1. The van der Waals surface area contributed by atoms with Gasteiger partial charge >= 0.3 is 6.18 Å². The van der Waals surface area contributed by atoms with Crippen molar-refractivity contribution in [1.29, 1.82) is 0 Å². The van der Waals surface area contributed by atoms with Crippen molar-refractivity contribution in [1.82, 2.24) is 4.98 Å². The first-order chi connectivity index (χ1) is 5.95. The Hall–Kier alpha value is -1.13. The maximum Gasteiger partial charge on any atom is 0.433 e. The Morgan fingerprint density at radius 1 is 1.38 bits per heavy atom. The number of hydrogen-bond acceptors (Lipinski definition) is 1. The van der Waals surface area contributed by atoms with Crippen molar-refractivity contribution in [2.45, 2.75) is 19.5 Å². The zero-order valence-corrected chi connectivity index (χ0v) is 6.82. The largest absolute Gasteiger partial charge is 0.433 e. The van der Waals surface area contributed by atoms with Crippen LogP contribution in [0.5, 0.6) is 0 Å². The predicted molar refractivity (Wildman–Crippen MR) is 38.6 cm³/mol. The molecule has 1 heterocycles. The fourth-order valence-electron chi connectivity index (χ4n) is 0.906. The Labute approximate surface area is 72.4 Å². The summed E-state index contributed by atoms with van der Waals surface area (Å²) in [6.45, 7) is 1.58. The van der Waals surface area contributed by atoms with Gasteiger partial charge in [-0.05, 0) is 18.1 Å². The van der Waals surface area contributed by atoms with E-state index in [0.29, 0.717) is 6.20 Å². The first kappa shape index (κ1) is 9.95. The van der Waals surface area contributed by atoms with Crippen LogP contribution in [0.3, 0.4) is 0 Å².